The van der Waals surface area contributed by atoms with Gasteiger partial charge in [-0.15, -0.1) is 0 Å². The van der Waals surface area contributed by atoms with Crippen molar-refractivity contribution >= 4 is 5.57 Å². The van der Waals surface area contributed by atoms with Gasteiger partial charge >= 0.3 is 0 Å². The minimum absolute atomic E-state index is 0.182. The van der Waals surface area contributed by atoms with Gasteiger partial charge in [0.1, 0.15) is 0 Å². The molecule has 1 aliphatic rings. The Bertz CT molecular complexity index is 886. The van der Waals surface area contributed by atoms with E-state index in [-0.39, 0.29) is 5.56 Å². The molecule has 0 spiro atoms. The monoisotopic (exact) mass is 387 g/mol. The molecule has 0 bridgehead atoms. The predicted molar refractivity (Wildman–Crippen MR) is 109 cm³/mol. The van der Waals surface area contributed by atoms with Gasteiger partial charge in [0, 0.05) is 19.6 Å². The molecule has 0 radical (unpaired) electrons. The third kappa shape index (κ3) is 4.33. The number of hydrogen-bond donors (Lipinski definition) is 0. The first-order valence-electron chi connectivity index (χ1n) is 10.1. The lowest BCUT2D eigenvalue weighted by Gasteiger charge is -2.27. The molecule has 0 fully saturated rings. The molecule has 0 aromatic heterocycles. The summed E-state index contributed by atoms with van der Waals surface area (Å²) in [6.07, 6.45) is 5.82. The summed E-state index contributed by atoms with van der Waals surface area (Å²) in [5.41, 5.74) is 5.76. The Morgan fingerprint density at radius 2 is 1.71 bits per heavy atom. The van der Waals surface area contributed by atoms with Crippen molar-refractivity contribution in [3.8, 4) is 0 Å². The van der Waals surface area contributed by atoms with Crippen molar-refractivity contribution in [2.75, 3.05) is 19.6 Å². The molecule has 0 N–H and O–H groups in total. The molecule has 2 aromatic carbocycles. The van der Waals surface area contributed by atoms with Gasteiger partial charge in [-0.1, -0.05) is 38.1 Å². The van der Waals surface area contributed by atoms with E-state index >= 15 is 0 Å². The highest BCUT2D eigenvalue weighted by molar-refractivity contribution is 5.69. The van der Waals surface area contributed by atoms with Gasteiger partial charge in [0.2, 0.25) is 0 Å². The van der Waals surface area contributed by atoms with Gasteiger partial charge in [-0.25, -0.2) is 13.2 Å². The Hall–Kier alpha value is -2.07. The Labute approximate surface area is 165 Å². The molecule has 0 saturated heterocycles. The SMILES string of the molecule is CCc1ccc(CCN2CC=C(c3cc(F)c(F)c(F)c3C)CC2)cc1CC. The van der Waals surface area contributed by atoms with E-state index in [4.69, 9.17) is 0 Å². The van der Waals surface area contributed by atoms with Gasteiger partial charge in [0.25, 0.3) is 0 Å². The molecular weight excluding hydrogens is 359 g/mol. The van der Waals surface area contributed by atoms with Crippen LogP contribution in [0.25, 0.3) is 5.57 Å². The van der Waals surface area contributed by atoms with E-state index in [1.165, 1.54) is 23.6 Å². The lowest BCUT2D eigenvalue weighted by molar-refractivity contribution is 0.305. The van der Waals surface area contributed by atoms with Gasteiger partial charge in [0.15, 0.2) is 17.5 Å². The minimum atomic E-state index is -1.39. The van der Waals surface area contributed by atoms with Crippen molar-refractivity contribution < 1.29 is 13.2 Å². The fraction of sp³-hybridized carbons (Fsp3) is 0.417. The third-order valence-corrected chi connectivity index (χ3v) is 5.80. The van der Waals surface area contributed by atoms with Crippen molar-refractivity contribution in [1.82, 2.24) is 4.90 Å². The molecule has 2 aromatic rings. The molecule has 0 saturated carbocycles. The molecule has 0 amide bonds. The Morgan fingerprint density at radius 3 is 2.36 bits per heavy atom. The van der Waals surface area contributed by atoms with Crippen molar-refractivity contribution in [2.24, 2.45) is 0 Å². The van der Waals surface area contributed by atoms with E-state index in [9.17, 15) is 13.2 Å². The molecule has 1 nitrogen and oxygen atoms in total. The van der Waals surface area contributed by atoms with Crippen LogP contribution in [-0.2, 0) is 19.3 Å². The number of aryl methyl sites for hydroxylation is 2. The maximum atomic E-state index is 13.9. The highest BCUT2D eigenvalue weighted by Gasteiger charge is 2.20. The van der Waals surface area contributed by atoms with Crippen LogP contribution >= 0.6 is 0 Å². The van der Waals surface area contributed by atoms with Gasteiger partial charge in [-0.2, -0.15) is 0 Å². The number of halogens is 3. The van der Waals surface area contributed by atoms with Gasteiger partial charge in [-0.3, -0.25) is 4.90 Å². The van der Waals surface area contributed by atoms with Crippen LogP contribution in [0.4, 0.5) is 13.2 Å². The number of benzene rings is 2. The third-order valence-electron chi connectivity index (χ3n) is 5.80. The summed E-state index contributed by atoms with van der Waals surface area (Å²) in [6.45, 7) is 8.41. The van der Waals surface area contributed by atoms with E-state index in [0.717, 1.165) is 50.5 Å². The molecular formula is C24H28F3N. The highest BCUT2D eigenvalue weighted by atomic mass is 19.2. The average molecular weight is 387 g/mol. The maximum Gasteiger partial charge on any atom is 0.194 e. The molecule has 0 aliphatic carbocycles. The van der Waals surface area contributed by atoms with E-state index in [2.05, 4.69) is 36.9 Å². The first-order chi connectivity index (χ1) is 13.4. The molecule has 150 valence electrons. The number of nitrogens with zero attached hydrogens (tertiary/aromatic N) is 1. The molecule has 1 aliphatic heterocycles. The number of hydrogen-bond acceptors (Lipinski definition) is 1. The van der Waals surface area contributed by atoms with Gasteiger partial charge in [-0.05, 0) is 72.1 Å². The maximum absolute atomic E-state index is 13.9. The second-order valence-corrected chi connectivity index (χ2v) is 7.50. The summed E-state index contributed by atoms with van der Waals surface area (Å²) in [4.78, 5) is 2.34. The first kappa shape index (κ1) is 20.7. The Kier molecular flexibility index (Phi) is 6.61. The zero-order valence-corrected chi connectivity index (χ0v) is 16.9. The zero-order valence-electron chi connectivity index (χ0n) is 16.9. The molecule has 0 unspecified atom stereocenters. The summed E-state index contributed by atoms with van der Waals surface area (Å²) in [5.74, 6) is -3.59. The van der Waals surface area contributed by atoms with Crippen LogP contribution in [0, 0.1) is 24.4 Å². The molecule has 28 heavy (non-hydrogen) atoms. The van der Waals surface area contributed by atoms with Crippen LogP contribution in [0.5, 0.6) is 0 Å². The van der Waals surface area contributed by atoms with E-state index in [0.29, 0.717) is 12.0 Å². The molecule has 1 heterocycles. The second-order valence-electron chi connectivity index (χ2n) is 7.50. The fourth-order valence-corrected chi connectivity index (χ4v) is 3.97. The van der Waals surface area contributed by atoms with E-state index in [1.807, 2.05) is 6.08 Å². The first-order valence-corrected chi connectivity index (χ1v) is 10.1. The number of rotatable bonds is 6. The van der Waals surface area contributed by atoms with Crippen LogP contribution < -0.4 is 0 Å². The highest BCUT2D eigenvalue weighted by Crippen LogP contribution is 2.29. The largest absolute Gasteiger partial charge is 0.299 e. The lowest BCUT2D eigenvalue weighted by atomic mass is 9.94. The summed E-state index contributed by atoms with van der Waals surface area (Å²) in [7, 11) is 0. The zero-order chi connectivity index (χ0) is 20.3. The summed E-state index contributed by atoms with van der Waals surface area (Å²) in [6, 6.07) is 7.90. The smallest absolute Gasteiger partial charge is 0.194 e. The predicted octanol–water partition coefficient (Wildman–Crippen LogP) is 5.87. The van der Waals surface area contributed by atoms with E-state index in [1.54, 1.807) is 0 Å². The van der Waals surface area contributed by atoms with Gasteiger partial charge in [0.05, 0.1) is 0 Å². The van der Waals surface area contributed by atoms with Crippen LogP contribution in [0.1, 0.15) is 48.1 Å². The fourth-order valence-electron chi connectivity index (χ4n) is 3.97. The Morgan fingerprint density at radius 1 is 0.964 bits per heavy atom. The summed E-state index contributed by atoms with van der Waals surface area (Å²) in [5, 5.41) is 0. The molecule has 4 heteroatoms. The molecule has 3 rings (SSSR count). The second kappa shape index (κ2) is 8.95. The van der Waals surface area contributed by atoms with Crippen molar-refractivity contribution in [3.05, 3.63) is 75.6 Å². The van der Waals surface area contributed by atoms with Crippen LogP contribution in [0.3, 0.4) is 0 Å². The topological polar surface area (TPSA) is 3.24 Å². The van der Waals surface area contributed by atoms with Crippen LogP contribution in [0.15, 0.2) is 30.3 Å². The van der Waals surface area contributed by atoms with Crippen LogP contribution in [0.2, 0.25) is 0 Å². The van der Waals surface area contributed by atoms with Crippen LogP contribution in [-0.4, -0.2) is 24.5 Å². The van der Waals surface area contributed by atoms with Crippen molar-refractivity contribution in [2.45, 2.75) is 46.5 Å². The standard InChI is InChI=1S/C24H28F3N/c1-4-18-7-6-17(14-19(18)5-2)8-11-28-12-9-20(10-13-28)21-15-22(25)24(27)23(26)16(21)3/h6-7,9,14-15H,4-5,8,10-13H2,1-3H3. The van der Waals surface area contributed by atoms with Crippen molar-refractivity contribution in [3.63, 3.8) is 0 Å². The minimum Gasteiger partial charge on any atom is -0.299 e. The summed E-state index contributed by atoms with van der Waals surface area (Å²) >= 11 is 0. The molecule has 0 atom stereocenters. The normalized spacial score (nSPS) is 15.0. The van der Waals surface area contributed by atoms with Gasteiger partial charge < -0.3 is 0 Å². The average Bonchev–Trinajstić information content (AvgIpc) is 2.73. The summed E-state index contributed by atoms with van der Waals surface area (Å²) < 4.78 is 40.9. The van der Waals surface area contributed by atoms with Crippen molar-refractivity contribution in [1.29, 1.82) is 0 Å². The van der Waals surface area contributed by atoms with E-state index < -0.39 is 17.5 Å². The lowest BCUT2D eigenvalue weighted by Crippen LogP contribution is -2.30. The Balaban J connectivity index is 1.65. The quantitative estimate of drug-likeness (QED) is 0.561.